The van der Waals surface area contributed by atoms with Crippen LogP contribution in [0.2, 0.25) is 0 Å². The number of hydrogen-bond acceptors (Lipinski definition) is 3. The fourth-order valence-corrected chi connectivity index (χ4v) is 2.14. The van der Waals surface area contributed by atoms with Crippen LogP contribution in [0, 0.1) is 5.82 Å². The summed E-state index contributed by atoms with van der Waals surface area (Å²) in [4.78, 5) is 8.77. The van der Waals surface area contributed by atoms with Crippen LogP contribution in [0.4, 0.5) is 4.39 Å². The lowest BCUT2D eigenvalue weighted by Gasteiger charge is -2.10. The summed E-state index contributed by atoms with van der Waals surface area (Å²) in [6.45, 7) is 3.41. The first-order valence-corrected chi connectivity index (χ1v) is 8.16. The van der Waals surface area contributed by atoms with E-state index in [2.05, 4.69) is 20.6 Å². The van der Waals surface area contributed by atoms with Crippen molar-refractivity contribution in [3.63, 3.8) is 0 Å². The van der Waals surface area contributed by atoms with Gasteiger partial charge in [0.05, 0.1) is 6.54 Å². The second kappa shape index (κ2) is 9.55. The standard InChI is InChI=1S/C18H21FN4O.HI/c1-2-20-18(23-15-5-6-15)22-12-13-9-10-21-17(11-13)24-16-7-3-14(19)4-8-16;/h3-4,7-11,15H,2,5-6,12H2,1H3,(H2,20,22,23);1H. The minimum Gasteiger partial charge on any atom is -0.439 e. The third-order valence-corrected chi connectivity index (χ3v) is 3.52. The fourth-order valence-electron chi connectivity index (χ4n) is 2.14. The smallest absolute Gasteiger partial charge is 0.219 e. The maximum atomic E-state index is 12.9. The van der Waals surface area contributed by atoms with Crippen LogP contribution in [0.1, 0.15) is 25.3 Å². The Kier molecular flexibility index (Phi) is 7.42. The van der Waals surface area contributed by atoms with Gasteiger partial charge in [-0.3, -0.25) is 0 Å². The predicted molar refractivity (Wildman–Crippen MR) is 107 cm³/mol. The Labute approximate surface area is 164 Å². The molecule has 1 saturated carbocycles. The molecule has 1 aromatic carbocycles. The molecule has 7 heteroatoms. The molecule has 0 aliphatic heterocycles. The number of aromatic nitrogens is 1. The van der Waals surface area contributed by atoms with Crippen LogP contribution in [0.3, 0.4) is 0 Å². The topological polar surface area (TPSA) is 58.5 Å². The van der Waals surface area contributed by atoms with E-state index >= 15 is 0 Å². The van der Waals surface area contributed by atoms with E-state index in [9.17, 15) is 4.39 Å². The summed E-state index contributed by atoms with van der Waals surface area (Å²) in [7, 11) is 0. The van der Waals surface area contributed by atoms with Crippen molar-refractivity contribution < 1.29 is 9.13 Å². The molecule has 0 atom stereocenters. The molecule has 3 rings (SSSR count). The average molecular weight is 456 g/mol. The van der Waals surface area contributed by atoms with Crippen molar-refractivity contribution in [3.05, 3.63) is 54.0 Å². The quantitative estimate of drug-likeness (QED) is 0.394. The van der Waals surface area contributed by atoms with Crippen molar-refractivity contribution >= 4 is 29.9 Å². The van der Waals surface area contributed by atoms with E-state index in [1.807, 2.05) is 19.1 Å². The van der Waals surface area contributed by atoms with E-state index in [4.69, 9.17) is 4.74 Å². The van der Waals surface area contributed by atoms with Crippen molar-refractivity contribution in [2.75, 3.05) is 6.54 Å². The second-order valence-electron chi connectivity index (χ2n) is 5.67. The van der Waals surface area contributed by atoms with Crippen LogP contribution < -0.4 is 15.4 Å². The Bertz CT molecular complexity index is 704. The van der Waals surface area contributed by atoms with Gasteiger partial charge >= 0.3 is 0 Å². The average Bonchev–Trinajstić information content (AvgIpc) is 3.39. The molecule has 2 aromatic rings. The van der Waals surface area contributed by atoms with Crippen LogP contribution in [-0.4, -0.2) is 23.5 Å². The van der Waals surface area contributed by atoms with Gasteiger partial charge in [0, 0.05) is 24.8 Å². The maximum absolute atomic E-state index is 12.9. The molecule has 0 spiro atoms. The van der Waals surface area contributed by atoms with Gasteiger partial charge in [-0.25, -0.2) is 14.4 Å². The molecule has 1 aromatic heterocycles. The van der Waals surface area contributed by atoms with E-state index in [-0.39, 0.29) is 29.8 Å². The van der Waals surface area contributed by atoms with Gasteiger partial charge in [0.25, 0.3) is 0 Å². The minimum absolute atomic E-state index is 0. The van der Waals surface area contributed by atoms with Gasteiger partial charge in [-0.05, 0) is 55.7 Å². The molecule has 1 fully saturated rings. The zero-order chi connectivity index (χ0) is 16.8. The first kappa shape index (κ1) is 19.4. The molecule has 0 saturated heterocycles. The summed E-state index contributed by atoms with van der Waals surface area (Å²) in [6.07, 6.45) is 4.09. The molecule has 0 amide bonds. The SMILES string of the molecule is CCNC(=NCc1ccnc(Oc2ccc(F)cc2)c1)NC1CC1.I. The highest BCUT2D eigenvalue weighted by molar-refractivity contribution is 14.0. The van der Waals surface area contributed by atoms with E-state index in [1.165, 1.54) is 25.0 Å². The van der Waals surface area contributed by atoms with Gasteiger partial charge in [-0.2, -0.15) is 0 Å². The zero-order valence-electron chi connectivity index (χ0n) is 14.0. The highest BCUT2D eigenvalue weighted by Gasteiger charge is 2.22. The van der Waals surface area contributed by atoms with Gasteiger partial charge in [-0.15, -0.1) is 24.0 Å². The number of nitrogens with one attached hydrogen (secondary N) is 2. The summed E-state index contributed by atoms with van der Waals surface area (Å²) in [6, 6.07) is 10.2. The van der Waals surface area contributed by atoms with Gasteiger partial charge in [0.1, 0.15) is 11.6 Å². The van der Waals surface area contributed by atoms with Crippen molar-refractivity contribution in [1.29, 1.82) is 0 Å². The molecule has 134 valence electrons. The molecular formula is C18H22FIN4O. The lowest BCUT2D eigenvalue weighted by Crippen LogP contribution is -2.38. The number of ether oxygens (including phenoxy) is 1. The van der Waals surface area contributed by atoms with Crippen molar-refractivity contribution in [2.45, 2.75) is 32.4 Å². The zero-order valence-corrected chi connectivity index (χ0v) is 16.4. The molecule has 1 aliphatic carbocycles. The molecule has 1 aliphatic rings. The maximum Gasteiger partial charge on any atom is 0.219 e. The first-order chi connectivity index (χ1) is 11.7. The third-order valence-electron chi connectivity index (χ3n) is 3.52. The molecule has 1 heterocycles. The number of rotatable bonds is 6. The lowest BCUT2D eigenvalue weighted by molar-refractivity contribution is 0.460. The second-order valence-corrected chi connectivity index (χ2v) is 5.67. The summed E-state index contributed by atoms with van der Waals surface area (Å²) < 4.78 is 18.6. The van der Waals surface area contributed by atoms with Crippen molar-refractivity contribution in [1.82, 2.24) is 15.6 Å². The number of aliphatic imine (C=N–C) groups is 1. The number of hydrogen-bond donors (Lipinski definition) is 2. The fraction of sp³-hybridized carbons (Fsp3) is 0.333. The van der Waals surface area contributed by atoms with Crippen LogP contribution in [0.15, 0.2) is 47.6 Å². The monoisotopic (exact) mass is 456 g/mol. The Morgan fingerprint density at radius 3 is 2.72 bits per heavy atom. The number of halogens is 2. The van der Waals surface area contributed by atoms with Crippen LogP contribution in [0.5, 0.6) is 11.6 Å². The summed E-state index contributed by atoms with van der Waals surface area (Å²) in [5, 5.41) is 6.62. The molecule has 0 unspecified atom stereocenters. The largest absolute Gasteiger partial charge is 0.439 e. The Balaban J connectivity index is 0.00000225. The van der Waals surface area contributed by atoms with Crippen molar-refractivity contribution in [3.8, 4) is 11.6 Å². The molecule has 0 bridgehead atoms. The van der Waals surface area contributed by atoms with Crippen LogP contribution in [-0.2, 0) is 6.54 Å². The Hall–Kier alpha value is -1.90. The number of pyridine rings is 1. The van der Waals surface area contributed by atoms with E-state index in [0.717, 1.165) is 18.1 Å². The van der Waals surface area contributed by atoms with E-state index in [0.29, 0.717) is 24.2 Å². The van der Waals surface area contributed by atoms with Crippen molar-refractivity contribution in [2.24, 2.45) is 4.99 Å². The summed E-state index contributed by atoms with van der Waals surface area (Å²) in [5.74, 6) is 1.55. The van der Waals surface area contributed by atoms with Gasteiger partial charge in [0.15, 0.2) is 5.96 Å². The number of guanidine groups is 1. The van der Waals surface area contributed by atoms with Gasteiger partial charge in [0.2, 0.25) is 5.88 Å². The molecule has 2 N–H and O–H groups in total. The number of nitrogens with zero attached hydrogens (tertiary/aromatic N) is 2. The van der Waals surface area contributed by atoms with E-state index < -0.39 is 0 Å². The van der Waals surface area contributed by atoms with Gasteiger partial charge in [-0.1, -0.05) is 0 Å². The minimum atomic E-state index is -0.294. The normalized spacial score (nSPS) is 13.8. The highest BCUT2D eigenvalue weighted by atomic mass is 127. The molecule has 25 heavy (non-hydrogen) atoms. The first-order valence-electron chi connectivity index (χ1n) is 8.16. The van der Waals surface area contributed by atoms with Gasteiger partial charge < -0.3 is 15.4 Å². The Morgan fingerprint density at radius 2 is 2.04 bits per heavy atom. The van der Waals surface area contributed by atoms with E-state index in [1.54, 1.807) is 18.3 Å². The predicted octanol–water partition coefficient (Wildman–Crippen LogP) is 3.85. The summed E-state index contributed by atoms with van der Waals surface area (Å²) >= 11 is 0. The molecule has 5 nitrogen and oxygen atoms in total. The van der Waals surface area contributed by atoms with Crippen LogP contribution >= 0.6 is 24.0 Å². The number of benzene rings is 1. The molecular weight excluding hydrogens is 434 g/mol. The van der Waals surface area contributed by atoms with Crippen LogP contribution in [0.25, 0.3) is 0 Å². The highest BCUT2D eigenvalue weighted by Crippen LogP contribution is 2.21. The Morgan fingerprint density at radius 1 is 1.28 bits per heavy atom. The lowest BCUT2D eigenvalue weighted by atomic mass is 10.2. The summed E-state index contributed by atoms with van der Waals surface area (Å²) in [5.41, 5.74) is 0.995. The third kappa shape index (κ3) is 6.49. The molecule has 0 radical (unpaired) electrons.